The number of pyridine rings is 2. The first-order chi connectivity index (χ1) is 15.7. The van der Waals surface area contributed by atoms with Gasteiger partial charge in [0, 0.05) is 23.1 Å². The van der Waals surface area contributed by atoms with E-state index >= 15 is 0 Å². The number of hydrogen-bond acceptors (Lipinski definition) is 2. The van der Waals surface area contributed by atoms with E-state index in [1.165, 1.54) is 54.4 Å². The Balaban J connectivity index is 1.34. The summed E-state index contributed by atoms with van der Waals surface area (Å²) >= 11 is 0. The Morgan fingerprint density at radius 1 is 0.562 bits per heavy atom. The first-order valence-corrected chi connectivity index (χ1v) is 11.7. The number of nitrogens with zero attached hydrogens (tertiary/aromatic N) is 2. The van der Waals surface area contributed by atoms with Gasteiger partial charge in [-0.15, -0.1) is 0 Å². The van der Waals surface area contributed by atoms with Gasteiger partial charge in [-0.1, -0.05) is 67.4 Å². The fraction of sp³-hybridized carbons (Fsp3) is 0.267. The highest BCUT2D eigenvalue weighted by Gasteiger charge is 2.06. The standard InChI is InChI=1S/C30H32N2/c1-23-19-29(20-24(2)32-23)30-22-28(17-18-31-30)27-16-10-15-26(21-27)14-7-4-3-6-11-25-12-8-5-9-13-25/h5,8-10,12-13,15-22H,3-4,6-7,11,14H2,1-2H3. The van der Waals surface area contributed by atoms with Crippen molar-refractivity contribution in [2.45, 2.75) is 52.4 Å². The molecule has 0 unspecified atom stereocenters. The predicted molar refractivity (Wildman–Crippen MR) is 135 cm³/mol. The van der Waals surface area contributed by atoms with Crippen LogP contribution < -0.4 is 0 Å². The second-order valence-corrected chi connectivity index (χ2v) is 8.67. The first-order valence-electron chi connectivity index (χ1n) is 11.7. The molecule has 162 valence electrons. The fourth-order valence-corrected chi connectivity index (χ4v) is 4.31. The van der Waals surface area contributed by atoms with Crippen LogP contribution in [0.2, 0.25) is 0 Å². The van der Waals surface area contributed by atoms with E-state index in [0.29, 0.717) is 0 Å². The largest absolute Gasteiger partial charge is 0.258 e. The van der Waals surface area contributed by atoms with Crippen molar-refractivity contribution < 1.29 is 0 Å². The Bertz CT molecular complexity index is 1130. The number of unbranched alkanes of at least 4 members (excludes halogenated alkanes) is 3. The molecule has 4 rings (SSSR count). The van der Waals surface area contributed by atoms with Gasteiger partial charge in [-0.05, 0) is 86.1 Å². The van der Waals surface area contributed by atoms with Crippen molar-refractivity contribution >= 4 is 0 Å². The molecule has 0 N–H and O–H groups in total. The third kappa shape index (κ3) is 6.13. The van der Waals surface area contributed by atoms with Crippen molar-refractivity contribution in [3.63, 3.8) is 0 Å². The summed E-state index contributed by atoms with van der Waals surface area (Å²) < 4.78 is 0. The van der Waals surface area contributed by atoms with E-state index in [2.05, 4.69) is 88.8 Å². The Morgan fingerprint density at radius 3 is 1.97 bits per heavy atom. The molecule has 0 aliphatic carbocycles. The maximum absolute atomic E-state index is 4.61. The van der Waals surface area contributed by atoms with Gasteiger partial charge < -0.3 is 0 Å². The smallest absolute Gasteiger partial charge is 0.0709 e. The van der Waals surface area contributed by atoms with Crippen molar-refractivity contribution in [1.82, 2.24) is 9.97 Å². The molecule has 4 aromatic rings. The fourth-order valence-electron chi connectivity index (χ4n) is 4.31. The lowest BCUT2D eigenvalue weighted by molar-refractivity contribution is 0.640. The zero-order valence-corrected chi connectivity index (χ0v) is 19.2. The Hall–Kier alpha value is -3.26. The summed E-state index contributed by atoms with van der Waals surface area (Å²) in [5, 5.41) is 0. The second-order valence-electron chi connectivity index (χ2n) is 8.67. The molecule has 0 spiro atoms. The molecule has 0 bridgehead atoms. The molecule has 0 atom stereocenters. The molecule has 2 nitrogen and oxygen atoms in total. The van der Waals surface area contributed by atoms with E-state index in [-0.39, 0.29) is 0 Å². The zero-order valence-electron chi connectivity index (χ0n) is 19.2. The van der Waals surface area contributed by atoms with Crippen LogP contribution in [0.3, 0.4) is 0 Å². The molecule has 0 radical (unpaired) electrons. The van der Waals surface area contributed by atoms with Crippen LogP contribution in [0.25, 0.3) is 22.4 Å². The first kappa shape index (κ1) is 22.0. The minimum Gasteiger partial charge on any atom is -0.258 e. The van der Waals surface area contributed by atoms with Crippen molar-refractivity contribution in [3.8, 4) is 22.4 Å². The van der Waals surface area contributed by atoms with Gasteiger partial charge in [-0.2, -0.15) is 0 Å². The van der Waals surface area contributed by atoms with E-state index in [0.717, 1.165) is 29.1 Å². The summed E-state index contributed by atoms with van der Waals surface area (Å²) in [4.78, 5) is 9.10. The normalized spacial score (nSPS) is 10.9. The molecular formula is C30H32N2. The Labute approximate surface area is 192 Å². The van der Waals surface area contributed by atoms with Crippen molar-refractivity contribution in [3.05, 3.63) is 108 Å². The van der Waals surface area contributed by atoms with Gasteiger partial charge in [0.15, 0.2) is 0 Å². The van der Waals surface area contributed by atoms with Crippen molar-refractivity contribution in [2.75, 3.05) is 0 Å². The number of aromatic nitrogens is 2. The summed E-state index contributed by atoms with van der Waals surface area (Å²) in [5.41, 5.74) is 9.53. The molecule has 0 amide bonds. The van der Waals surface area contributed by atoms with Crippen LogP contribution in [0.15, 0.2) is 85.1 Å². The highest BCUT2D eigenvalue weighted by Crippen LogP contribution is 2.26. The van der Waals surface area contributed by atoms with E-state index in [9.17, 15) is 0 Å². The number of rotatable bonds is 9. The summed E-state index contributed by atoms with van der Waals surface area (Å²) in [5.74, 6) is 0. The van der Waals surface area contributed by atoms with E-state index in [4.69, 9.17) is 0 Å². The van der Waals surface area contributed by atoms with Crippen molar-refractivity contribution in [1.29, 1.82) is 0 Å². The SMILES string of the molecule is Cc1cc(-c2cc(-c3cccc(CCCCCCc4ccccc4)c3)ccn2)cc(C)n1. The van der Waals surface area contributed by atoms with Crippen molar-refractivity contribution in [2.24, 2.45) is 0 Å². The predicted octanol–water partition coefficient (Wildman–Crippen LogP) is 7.77. The van der Waals surface area contributed by atoms with Crippen LogP contribution >= 0.6 is 0 Å². The van der Waals surface area contributed by atoms with E-state index in [1.54, 1.807) is 0 Å². The maximum Gasteiger partial charge on any atom is 0.0709 e. The number of benzene rings is 2. The maximum atomic E-state index is 4.61. The van der Waals surface area contributed by atoms with Gasteiger partial charge in [-0.3, -0.25) is 9.97 Å². The summed E-state index contributed by atoms with van der Waals surface area (Å²) in [6.45, 7) is 4.07. The molecule has 0 saturated carbocycles. The van der Waals surface area contributed by atoms with Crippen LogP contribution in [0.4, 0.5) is 0 Å². The quantitative estimate of drug-likeness (QED) is 0.258. The summed E-state index contributed by atoms with van der Waals surface area (Å²) in [6.07, 6.45) is 9.35. The third-order valence-corrected chi connectivity index (χ3v) is 5.92. The van der Waals surface area contributed by atoms with Crippen LogP contribution in [0.1, 0.15) is 48.2 Å². The topological polar surface area (TPSA) is 25.8 Å². The molecule has 0 saturated heterocycles. The zero-order chi connectivity index (χ0) is 22.2. The lowest BCUT2D eigenvalue weighted by Crippen LogP contribution is -1.91. The highest BCUT2D eigenvalue weighted by atomic mass is 14.7. The molecule has 32 heavy (non-hydrogen) atoms. The number of hydrogen-bond donors (Lipinski definition) is 0. The molecule has 2 heterocycles. The van der Waals surface area contributed by atoms with Gasteiger partial charge in [0.1, 0.15) is 0 Å². The van der Waals surface area contributed by atoms with Gasteiger partial charge in [0.05, 0.1) is 5.69 Å². The Morgan fingerprint density at radius 2 is 1.22 bits per heavy atom. The molecular weight excluding hydrogens is 388 g/mol. The summed E-state index contributed by atoms with van der Waals surface area (Å²) in [7, 11) is 0. The average molecular weight is 421 g/mol. The number of aryl methyl sites for hydroxylation is 4. The minimum atomic E-state index is 1.000. The molecule has 2 aromatic heterocycles. The van der Waals surface area contributed by atoms with Gasteiger partial charge in [-0.25, -0.2) is 0 Å². The average Bonchev–Trinajstić information content (AvgIpc) is 2.82. The van der Waals surface area contributed by atoms with Crippen LogP contribution in [0, 0.1) is 13.8 Å². The lowest BCUT2D eigenvalue weighted by atomic mass is 9.98. The van der Waals surface area contributed by atoms with Gasteiger partial charge in [0.25, 0.3) is 0 Å². The monoisotopic (exact) mass is 420 g/mol. The minimum absolute atomic E-state index is 1.000. The highest BCUT2D eigenvalue weighted by molar-refractivity contribution is 5.71. The molecule has 0 fully saturated rings. The summed E-state index contributed by atoms with van der Waals surface area (Å²) in [6, 6.07) is 28.3. The molecule has 0 aliphatic heterocycles. The van der Waals surface area contributed by atoms with Crippen LogP contribution in [0.5, 0.6) is 0 Å². The third-order valence-electron chi connectivity index (χ3n) is 5.92. The molecule has 0 aliphatic rings. The van der Waals surface area contributed by atoms with Gasteiger partial charge >= 0.3 is 0 Å². The van der Waals surface area contributed by atoms with Crippen LogP contribution in [-0.2, 0) is 12.8 Å². The lowest BCUT2D eigenvalue weighted by Gasteiger charge is -2.09. The van der Waals surface area contributed by atoms with Gasteiger partial charge in [0.2, 0.25) is 0 Å². The van der Waals surface area contributed by atoms with Crippen LogP contribution in [-0.4, -0.2) is 9.97 Å². The van der Waals surface area contributed by atoms with E-state index in [1.807, 2.05) is 20.0 Å². The van der Waals surface area contributed by atoms with E-state index < -0.39 is 0 Å². The molecule has 2 aromatic carbocycles. The molecule has 2 heteroatoms. The Kier molecular flexibility index (Phi) is 7.45. The second kappa shape index (κ2) is 10.9.